The molecule has 15 heavy (non-hydrogen) atoms. The molecule has 0 aliphatic heterocycles. The van der Waals surface area contributed by atoms with Crippen LogP contribution in [0.5, 0.6) is 0 Å². The van der Waals surface area contributed by atoms with Crippen molar-refractivity contribution in [2.75, 3.05) is 0 Å². The third kappa shape index (κ3) is 1.97. The highest BCUT2D eigenvalue weighted by Crippen LogP contribution is 2.22. The Hall–Kier alpha value is -1.88. The van der Waals surface area contributed by atoms with Gasteiger partial charge in [0.2, 0.25) is 0 Å². The van der Waals surface area contributed by atoms with Crippen molar-refractivity contribution in [2.45, 2.75) is 19.3 Å². The van der Waals surface area contributed by atoms with Gasteiger partial charge >= 0.3 is 0 Å². The minimum Gasteiger partial charge on any atom is -0.302 e. The van der Waals surface area contributed by atoms with E-state index in [0.717, 1.165) is 29.4 Å². The van der Waals surface area contributed by atoms with Crippen LogP contribution in [0.1, 0.15) is 34.3 Å². The first-order valence-electron chi connectivity index (χ1n) is 4.90. The summed E-state index contributed by atoms with van der Waals surface area (Å²) in [5, 5.41) is 0. The highest BCUT2D eigenvalue weighted by Gasteiger charge is 2.18. The van der Waals surface area contributed by atoms with Gasteiger partial charge in [0.25, 0.3) is 0 Å². The average molecular weight is 198 g/mol. The summed E-state index contributed by atoms with van der Waals surface area (Å²) >= 11 is 0. The molecule has 1 aromatic carbocycles. The number of fused-ring (bicyclic) bond motifs is 1. The van der Waals surface area contributed by atoms with Crippen LogP contribution in [-0.2, 0) is 11.2 Å². The van der Waals surface area contributed by atoms with Gasteiger partial charge in [0.15, 0.2) is 5.78 Å². The van der Waals surface area contributed by atoms with Gasteiger partial charge in [-0.25, -0.2) is 0 Å². The van der Waals surface area contributed by atoms with Crippen LogP contribution in [0.4, 0.5) is 0 Å². The van der Waals surface area contributed by atoms with E-state index >= 15 is 0 Å². The summed E-state index contributed by atoms with van der Waals surface area (Å²) < 4.78 is 0. The molecule has 2 rings (SSSR count). The second-order valence-corrected chi connectivity index (χ2v) is 3.47. The summed E-state index contributed by atoms with van der Waals surface area (Å²) in [7, 11) is 0. The molecule has 0 saturated carbocycles. The third-order valence-electron chi connectivity index (χ3n) is 2.45. The Labute approximate surface area is 88.3 Å². The molecule has 0 heterocycles. The fraction of sp³-hybridized carbons (Fsp3) is 0.231. The van der Waals surface area contributed by atoms with Crippen molar-refractivity contribution in [3.05, 3.63) is 34.9 Å². The average Bonchev–Trinajstić information content (AvgIpc) is 2.61. The molecule has 0 amide bonds. The van der Waals surface area contributed by atoms with E-state index in [4.69, 9.17) is 0 Å². The number of hydrogen-bond donors (Lipinski definition) is 0. The second-order valence-electron chi connectivity index (χ2n) is 3.47. The van der Waals surface area contributed by atoms with Crippen LogP contribution in [0, 0.1) is 11.8 Å². The highest BCUT2D eigenvalue weighted by atomic mass is 16.1. The van der Waals surface area contributed by atoms with Gasteiger partial charge in [-0.3, -0.25) is 4.79 Å². The molecule has 0 unspecified atom stereocenters. The number of carbonyl (C=O) groups is 2. The molecule has 2 heteroatoms. The van der Waals surface area contributed by atoms with Crippen molar-refractivity contribution in [2.24, 2.45) is 0 Å². The summed E-state index contributed by atoms with van der Waals surface area (Å²) in [4.78, 5) is 21.5. The Balaban J connectivity index is 2.30. The van der Waals surface area contributed by atoms with Gasteiger partial charge in [-0.05, 0) is 24.1 Å². The summed E-state index contributed by atoms with van der Waals surface area (Å²) in [5.74, 6) is 5.79. The monoisotopic (exact) mass is 198 g/mol. The smallest absolute Gasteiger partial charge is 0.163 e. The third-order valence-corrected chi connectivity index (χ3v) is 2.45. The van der Waals surface area contributed by atoms with E-state index in [-0.39, 0.29) is 12.2 Å². The van der Waals surface area contributed by atoms with Gasteiger partial charge in [0.1, 0.15) is 6.29 Å². The summed E-state index contributed by atoms with van der Waals surface area (Å²) in [6.07, 6.45) is 2.47. The zero-order valence-electron chi connectivity index (χ0n) is 8.25. The maximum absolute atomic E-state index is 11.4. The molecule has 1 aromatic rings. The number of rotatable bonds is 1. The van der Waals surface area contributed by atoms with E-state index in [1.165, 1.54) is 0 Å². The van der Waals surface area contributed by atoms with Crippen molar-refractivity contribution in [1.82, 2.24) is 0 Å². The molecule has 74 valence electrons. The standard InChI is InChI=1S/C13H10O2/c14-8-2-1-3-10-4-5-11-6-7-13(15)12(11)9-10/h4-5,8-9H,2,6-7H2. The van der Waals surface area contributed by atoms with Crippen molar-refractivity contribution in [3.8, 4) is 11.8 Å². The van der Waals surface area contributed by atoms with Crippen LogP contribution in [-0.4, -0.2) is 12.1 Å². The fourth-order valence-electron chi connectivity index (χ4n) is 1.71. The Morgan fingerprint density at radius 1 is 1.33 bits per heavy atom. The summed E-state index contributed by atoms with van der Waals surface area (Å²) in [6, 6.07) is 5.67. The molecule has 1 aliphatic carbocycles. The van der Waals surface area contributed by atoms with E-state index in [2.05, 4.69) is 11.8 Å². The number of Topliss-reactive ketones (excluding diaryl/α,β-unsaturated/α-hetero) is 1. The Kier molecular flexibility index (Phi) is 2.64. The molecule has 0 bridgehead atoms. The van der Waals surface area contributed by atoms with Crippen LogP contribution < -0.4 is 0 Å². The van der Waals surface area contributed by atoms with E-state index in [0.29, 0.717) is 6.42 Å². The number of ketones is 1. The number of benzene rings is 1. The number of aryl methyl sites for hydroxylation is 1. The molecule has 2 nitrogen and oxygen atoms in total. The van der Waals surface area contributed by atoms with Crippen LogP contribution in [0.3, 0.4) is 0 Å². The van der Waals surface area contributed by atoms with E-state index in [9.17, 15) is 9.59 Å². The van der Waals surface area contributed by atoms with Gasteiger partial charge in [-0.2, -0.15) is 0 Å². The lowest BCUT2D eigenvalue weighted by Gasteiger charge is -1.97. The van der Waals surface area contributed by atoms with Crippen LogP contribution >= 0.6 is 0 Å². The topological polar surface area (TPSA) is 34.1 Å². The van der Waals surface area contributed by atoms with Crippen LogP contribution in [0.2, 0.25) is 0 Å². The lowest BCUT2D eigenvalue weighted by Crippen LogP contribution is -1.91. The Morgan fingerprint density at radius 3 is 3.00 bits per heavy atom. The molecule has 0 N–H and O–H groups in total. The van der Waals surface area contributed by atoms with E-state index < -0.39 is 0 Å². The predicted octanol–water partition coefficient (Wildman–Crippen LogP) is 1.76. The largest absolute Gasteiger partial charge is 0.302 e. The van der Waals surface area contributed by atoms with Crippen LogP contribution in [0.25, 0.3) is 0 Å². The zero-order valence-corrected chi connectivity index (χ0v) is 8.25. The first-order chi connectivity index (χ1) is 7.31. The number of carbonyl (C=O) groups excluding carboxylic acids is 2. The second kappa shape index (κ2) is 4.10. The van der Waals surface area contributed by atoms with Gasteiger partial charge in [-0.1, -0.05) is 17.9 Å². The molecular weight excluding hydrogens is 188 g/mol. The number of aldehydes is 1. The fourth-order valence-corrected chi connectivity index (χ4v) is 1.71. The van der Waals surface area contributed by atoms with E-state index in [1.54, 1.807) is 0 Å². The van der Waals surface area contributed by atoms with Crippen molar-refractivity contribution < 1.29 is 9.59 Å². The minimum absolute atomic E-state index is 0.198. The van der Waals surface area contributed by atoms with Crippen molar-refractivity contribution in [1.29, 1.82) is 0 Å². The van der Waals surface area contributed by atoms with Crippen molar-refractivity contribution in [3.63, 3.8) is 0 Å². The van der Waals surface area contributed by atoms with Crippen LogP contribution in [0.15, 0.2) is 18.2 Å². The molecule has 0 saturated heterocycles. The summed E-state index contributed by atoms with van der Waals surface area (Å²) in [5.41, 5.74) is 2.72. The summed E-state index contributed by atoms with van der Waals surface area (Å²) in [6.45, 7) is 0. The van der Waals surface area contributed by atoms with E-state index in [1.807, 2.05) is 18.2 Å². The lowest BCUT2D eigenvalue weighted by atomic mass is 10.1. The maximum Gasteiger partial charge on any atom is 0.163 e. The molecule has 0 aromatic heterocycles. The van der Waals surface area contributed by atoms with Gasteiger partial charge in [-0.15, -0.1) is 0 Å². The highest BCUT2D eigenvalue weighted by molar-refractivity contribution is 6.00. The van der Waals surface area contributed by atoms with Crippen molar-refractivity contribution >= 4 is 12.1 Å². The Morgan fingerprint density at radius 2 is 2.20 bits per heavy atom. The van der Waals surface area contributed by atoms with Gasteiger partial charge in [0, 0.05) is 17.5 Å². The normalized spacial score (nSPS) is 12.9. The molecule has 0 atom stereocenters. The molecular formula is C13H10O2. The van der Waals surface area contributed by atoms with Gasteiger partial charge in [0.05, 0.1) is 6.42 Å². The van der Waals surface area contributed by atoms with Gasteiger partial charge < -0.3 is 4.79 Å². The SMILES string of the molecule is O=CCC#Cc1ccc2c(c1)C(=O)CC2. The first-order valence-corrected chi connectivity index (χ1v) is 4.90. The zero-order chi connectivity index (χ0) is 10.7. The lowest BCUT2D eigenvalue weighted by molar-refractivity contribution is -0.107. The Bertz CT molecular complexity index is 475. The predicted molar refractivity (Wildman–Crippen MR) is 56.7 cm³/mol. The first kappa shape index (κ1) is 9.67. The minimum atomic E-state index is 0.198. The number of hydrogen-bond acceptors (Lipinski definition) is 2. The molecule has 0 spiro atoms. The molecule has 0 fully saturated rings. The quantitative estimate of drug-likeness (QED) is 0.509. The molecule has 0 radical (unpaired) electrons. The molecule has 1 aliphatic rings. The maximum atomic E-state index is 11.4.